The third-order valence-corrected chi connectivity index (χ3v) is 5.95. The molecule has 0 aliphatic carbocycles. The van der Waals surface area contributed by atoms with Crippen molar-refractivity contribution >= 4 is 28.2 Å². The highest BCUT2D eigenvalue weighted by molar-refractivity contribution is 6.88. The molecule has 0 N–H and O–H groups in total. The highest BCUT2D eigenvalue weighted by Gasteiger charge is 1.97. The van der Waals surface area contributed by atoms with Gasteiger partial charge in [0.2, 0.25) is 0 Å². The molecule has 0 aromatic carbocycles. The highest BCUT2D eigenvalue weighted by Crippen LogP contribution is 1.96. The van der Waals surface area contributed by atoms with Crippen LogP contribution in [0.4, 0.5) is 0 Å². The second-order valence-corrected chi connectivity index (χ2v) is 7.58. The molecule has 2 heteroatoms. The Balaban J connectivity index is 2.65. The van der Waals surface area contributed by atoms with Crippen molar-refractivity contribution in [2.45, 2.75) is 25.2 Å². The van der Waals surface area contributed by atoms with Gasteiger partial charge >= 0.3 is 0 Å². The average Bonchev–Trinajstić information content (AvgIpc) is 1.77. The molecule has 0 amide bonds. The van der Waals surface area contributed by atoms with Gasteiger partial charge in [0.05, 0.1) is 0 Å². The van der Waals surface area contributed by atoms with Crippen LogP contribution in [-0.4, -0.2) is 28.2 Å². The van der Waals surface area contributed by atoms with E-state index in [1.807, 2.05) is 0 Å². The van der Waals surface area contributed by atoms with Crippen LogP contribution >= 0.6 is 0 Å². The predicted molar refractivity (Wildman–Crippen MR) is 45.0 cm³/mol. The smallest absolute Gasteiger partial charge is 0.00595 e. The van der Waals surface area contributed by atoms with Crippen molar-refractivity contribution in [2.24, 2.45) is 0 Å². The summed E-state index contributed by atoms with van der Waals surface area (Å²) in [7, 11) is 0.0386. The van der Waals surface area contributed by atoms with E-state index in [9.17, 15) is 0 Å². The second kappa shape index (κ2) is 2.64. The summed E-state index contributed by atoms with van der Waals surface area (Å²) in [6.07, 6.45) is 0. The number of hydrogen-bond acceptors (Lipinski definition) is 0. The Morgan fingerprint density at radius 3 is 1.62 bits per heavy atom. The first-order valence-corrected chi connectivity index (χ1v) is 7.69. The molecule has 0 saturated heterocycles. The lowest BCUT2D eigenvalue weighted by Gasteiger charge is -2.03. The molecule has 1 heterocycles. The van der Waals surface area contributed by atoms with E-state index in [0.717, 1.165) is 0 Å². The molecule has 0 radical (unpaired) electrons. The Morgan fingerprint density at radius 2 is 1.38 bits per heavy atom. The zero-order valence-corrected chi connectivity index (χ0v) is 7.57. The van der Waals surface area contributed by atoms with Gasteiger partial charge in [0.25, 0.3) is 0 Å². The summed E-state index contributed by atoms with van der Waals surface area (Å²) in [5.74, 6) is 0. The van der Waals surface area contributed by atoms with Gasteiger partial charge in [0.15, 0.2) is 0 Å². The largest absolute Gasteiger partial charge is 0.0865 e. The molecular formula is C6H12Si2. The summed E-state index contributed by atoms with van der Waals surface area (Å²) in [4.78, 5) is 0. The minimum absolute atomic E-state index is 0.0193. The van der Waals surface area contributed by atoms with Crippen molar-refractivity contribution in [3.63, 3.8) is 0 Å². The molecule has 0 nitrogen and oxygen atoms in total. The molecular weight excluding hydrogens is 128 g/mol. The molecule has 0 aromatic rings. The first kappa shape index (κ1) is 6.30. The zero-order valence-electron chi connectivity index (χ0n) is 5.57. The molecule has 0 aromatic heterocycles. The maximum atomic E-state index is 2.47. The van der Waals surface area contributed by atoms with Crippen molar-refractivity contribution < 1.29 is 0 Å². The van der Waals surface area contributed by atoms with Gasteiger partial charge in [-0.05, 0) is 12.1 Å². The van der Waals surface area contributed by atoms with E-state index >= 15 is 0 Å². The van der Waals surface area contributed by atoms with Gasteiger partial charge in [-0.2, -0.15) is 0 Å². The third kappa shape index (κ3) is 1.60. The fourth-order valence-electron chi connectivity index (χ4n) is 0.846. The van der Waals surface area contributed by atoms with Crippen molar-refractivity contribution in [1.82, 2.24) is 0 Å². The first-order valence-electron chi connectivity index (χ1n) is 3.12. The Morgan fingerprint density at radius 1 is 1.00 bits per heavy atom. The molecule has 44 valence electrons. The molecule has 0 fully saturated rings. The minimum Gasteiger partial charge on any atom is -0.0865 e. The summed E-state index contributed by atoms with van der Waals surface area (Å²) in [6.45, 7) is 4.80. The van der Waals surface area contributed by atoms with E-state index in [0.29, 0.717) is 0 Å². The Labute approximate surface area is 54.0 Å². The highest BCUT2D eigenvalue weighted by atomic mass is 28.2. The molecule has 0 spiro atoms. The Kier molecular flexibility index (Phi) is 2.08. The molecule has 0 unspecified atom stereocenters. The van der Waals surface area contributed by atoms with E-state index in [2.05, 4.69) is 24.4 Å². The van der Waals surface area contributed by atoms with Crippen LogP contribution in [0.1, 0.15) is 0 Å². The summed E-state index contributed by atoms with van der Waals surface area (Å²) in [6, 6.07) is 3.07. The van der Waals surface area contributed by atoms with E-state index in [1.54, 1.807) is 0 Å². The lowest BCUT2D eigenvalue weighted by Crippen LogP contribution is -2.13. The molecule has 1 aliphatic rings. The van der Waals surface area contributed by atoms with Gasteiger partial charge in [-0.15, -0.1) is 0 Å². The average molecular weight is 140 g/mol. The topological polar surface area (TPSA) is 0 Å². The Bertz CT molecular complexity index is 127. The lowest BCUT2D eigenvalue weighted by atomic mass is 10.9. The van der Waals surface area contributed by atoms with Gasteiger partial charge in [-0.1, -0.05) is 24.4 Å². The number of hydrogen-bond donors (Lipinski definition) is 0. The van der Waals surface area contributed by atoms with Crippen molar-refractivity contribution in [3.8, 4) is 0 Å². The van der Waals surface area contributed by atoms with Crippen LogP contribution in [0.15, 0.2) is 0 Å². The van der Waals surface area contributed by atoms with Gasteiger partial charge in [0.1, 0.15) is 0 Å². The van der Waals surface area contributed by atoms with E-state index < -0.39 is 0 Å². The van der Waals surface area contributed by atoms with Gasteiger partial charge < -0.3 is 0 Å². The van der Waals surface area contributed by atoms with Crippen molar-refractivity contribution in [3.05, 3.63) is 0 Å². The lowest BCUT2D eigenvalue weighted by molar-refractivity contribution is 1.40. The SMILES string of the molecule is C[Si]1=CC=[Si](C)CC1. The van der Waals surface area contributed by atoms with Crippen LogP contribution in [0.25, 0.3) is 0 Å². The van der Waals surface area contributed by atoms with E-state index in [4.69, 9.17) is 0 Å². The van der Waals surface area contributed by atoms with Crippen LogP contribution in [0, 0.1) is 0 Å². The second-order valence-electron chi connectivity index (χ2n) is 2.53. The molecule has 1 rings (SSSR count). The minimum atomic E-state index is 0.0193. The van der Waals surface area contributed by atoms with Crippen LogP contribution < -0.4 is 0 Å². The number of rotatable bonds is 0. The van der Waals surface area contributed by atoms with Crippen LogP contribution in [0.5, 0.6) is 0 Å². The molecule has 0 bridgehead atoms. The summed E-state index contributed by atoms with van der Waals surface area (Å²) < 4.78 is 0. The maximum Gasteiger partial charge on any atom is 0.00595 e. The Hall–Kier alpha value is 0.174. The fraction of sp³-hybridized carbons (Fsp3) is 0.667. The predicted octanol–water partition coefficient (Wildman–Crippen LogP) is 1.02. The fourth-order valence-corrected chi connectivity index (χ4v) is 6.61. The van der Waals surface area contributed by atoms with Gasteiger partial charge in [0, 0.05) is 16.8 Å². The van der Waals surface area contributed by atoms with Crippen molar-refractivity contribution in [2.75, 3.05) is 0 Å². The van der Waals surface area contributed by atoms with Gasteiger partial charge in [-0.25, -0.2) is 0 Å². The summed E-state index contributed by atoms with van der Waals surface area (Å²) >= 11 is 0. The van der Waals surface area contributed by atoms with Crippen LogP contribution in [-0.2, 0) is 0 Å². The molecule has 0 saturated carbocycles. The molecule has 8 heavy (non-hydrogen) atoms. The summed E-state index contributed by atoms with van der Waals surface area (Å²) in [5.41, 5.74) is 4.95. The zero-order chi connectivity index (χ0) is 5.98. The monoisotopic (exact) mass is 140 g/mol. The first-order chi connectivity index (χ1) is 3.79. The molecule has 0 atom stereocenters. The maximum absolute atomic E-state index is 2.47. The standard InChI is InChI=1S/C6H12Si2/c1-7-3-5-8(2)6-4-7/h3,5H,4,6H2,1-2H3. The van der Waals surface area contributed by atoms with Crippen molar-refractivity contribution in [1.29, 1.82) is 0 Å². The van der Waals surface area contributed by atoms with Crippen LogP contribution in [0.3, 0.4) is 0 Å². The van der Waals surface area contributed by atoms with Gasteiger partial charge in [-0.3, -0.25) is 0 Å². The third-order valence-electron chi connectivity index (χ3n) is 1.57. The van der Waals surface area contributed by atoms with E-state index in [1.165, 1.54) is 12.1 Å². The molecule has 1 aliphatic heterocycles. The normalized spacial score (nSPS) is 19.8. The van der Waals surface area contributed by atoms with Crippen LogP contribution in [0.2, 0.25) is 25.2 Å². The van der Waals surface area contributed by atoms with E-state index in [-0.39, 0.29) is 16.8 Å². The summed E-state index contributed by atoms with van der Waals surface area (Å²) in [5, 5.41) is 0. The quantitative estimate of drug-likeness (QED) is 0.441.